The number of benzene rings is 4. The van der Waals surface area contributed by atoms with Crippen LogP contribution in [0.5, 0.6) is 0 Å². The highest BCUT2D eigenvalue weighted by atomic mass is 28.4. The molecule has 0 aromatic heterocycles. The van der Waals surface area contributed by atoms with E-state index in [9.17, 15) is 14.9 Å². The number of hydrogen-bond acceptors (Lipinski definition) is 3. The third-order valence-electron chi connectivity index (χ3n) is 8.77. The Bertz CT molecular complexity index is 1500. The summed E-state index contributed by atoms with van der Waals surface area (Å²) in [7, 11) is -3.05. The van der Waals surface area contributed by atoms with Gasteiger partial charge in [-0.25, -0.2) is 0 Å². The molecule has 0 spiro atoms. The van der Waals surface area contributed by atoms with Gasteiger partial charge in [-0.1, -0.05) is 106 Å². The lowest BCUT2D eigenvalue weighted by Crippen LogP contribution is -2.65. The molecule has 1 N–H and O–H groups in total. The van der Waals surface area contributed by atoms with Gasteiger partial charge >= 0.3 is 0 Å². The molecule has 4 heteroatoms. The summed E-state index contributed by atoms with van der Waals surface area (Å²) in [6.07, 6.45) is 3.46. The van der Waals surface area contributed by atoms with Crippen LogP contribution in [0.2, 0.25) is 5.04 Å². The second-order valence-electron chi connectivity index (χ2n) is 12.0. The van der Waals surface area contributed by atoms with Gasteiger partial charge in [0.25, 0.3) is 8.32 Å². The second-order valence-corrected chi connectivity index (χ2v) is 16.0. The number of ketones is 1. The topological polar surface area (TPSA) is 61.1 Å². The van der Waals surface area contributed by atoms with Crippen LogP contribution in [0.25, 0.3) is 11.1 Å². The zero-order chi connectivity index (χ0) is 28.3. The summed E-state index contributed by atoms with van der Waals surface area (Å²) >= 11 is 0. The largest absolute Gasteiger partial charge is 0.424 e. The van der Waals surface area contributed by atoms with Crippen molar-refractivity contribution in [2.24, 2.45) is 11.8 Å². The number of nitriles is 1. The summed E-state index contributed by atoms with van der Waals surface area (Å²) in [4.78, 5) is 25.9. The van der Waals surface area contributed by atoms with Crippen LogP contribution in [-0.4, -0.2) is 18.9 Å². The van der Waals surface area contributed by atoms with Crippen molar-refractivity contribution < 1.29 is 9.59 Å². The van der Waals surface area contributed by atoms with Crippen molar-refractivity contribution in [1.29, 1.82) is 5.26 Å². The molecule has 1 aliphatic carbocycles. The fraction of sp³-hybridized carbons (Fsp3) is 0.278. The van der Waals surface area contributed by atoms with Gasteiger partial charge in [0.2, 0.25) is 0 Å². The zero-order valence-corrected chi connectivity index (χ0v) is 24.6. The molecule has 1 aliphatic rings. The Labute approximate surface area is 239 Å². The number of rotatable bonds is 9. The van der Waals surface area contributed by atoms with Gasteiger partial charge in [0, 0.05) is 11.5 Å². The summed E-state index contributed by atoms with van der Waals surface area (Å²) < 4.78 is 0. The number of hydrogen-bond donors (Lipinski definition) is 1. The molecular formula is C36H37NO2Si. The van der Waals surface area contributed by atoms with Gasteiger partial charge in [-0.3, -0.25) is 4.79 Å². The van der Waals surface area contributed by atoms with Crippen LogP contribution in [-0.2, 0) is 6.42 Å². The monoisotopic (exact) mass is 543 g/mol. The predicted molar refractivity (Wildman–Crippen MR) is 165 cm³/mol. The number of carbonyl (C=O) groups is 1. The van der Waals surface area contributed by atoms with E-state index in [4.69, 9.17) is 0 Å². The SMILES string of the molecule is CC(CCC1Cc2ccc(-c3cccc(C#N)c3)cc2C1=O)CC(C)(C)[Si](O)(c1ccccc1)c1ccccc1. The Kier molecular flexibility index (Phi) is 7.89. The molecule has 0 fully saturated rings. The number of nitrogens with zero attached hydrogens (tertiary/aromatic N) is 1. The smallest absolute Gasteiger partial charge is 0.258 e. The van der Waals surface area contributed by atoms with Crippen LogP contribution in [0, 0.1) is 23.2 Å². The summed E-state index contributed by atoms with van der Waals surface area (Å²) in [6, 6.07) is 36.3. The van der Waals surface area contributed by atoms with E-state index in [1.54, 1.807) is 6.07 Å². The molecule has 4 aromatic rings. The van der Waals surface area contributed by atoms with Crippen molar-refractivity contribution in [1.82, 2.24) is 0 Å². The average molecular weight is 544 g/mol. The number of carbonyl (C=O) groups excluding carboxylic acids is 1. The molecule has 40 heavy (non-hydrogen) atoms. The minimum atomic E-state index is -3.05. The summed E-state index contributed by atoms with van der Waals surface area (Å²) in [5, 5.41) is 11.0. The van der Waals surface area contributed by atoms with E-state index < -0.39 is 8.32 Å². The third kappa shape index (κ3) is 5.32. The number of Topliss-reactive ketones (excluding diaryl/α,β-unsaturated/α-hetero) is 1. The van der Waals surface area contributed by atoms with Crippen molar-refractivity contribution in [2.45, 2.75) is 51.5 Å². The normalized spacial score (nSPS) is 15.9. The molecule has 0 amide bonds. The Morgan fingerprint density at radius 2 is 1.52 bits per heavy atom. The van der Waals surface area contributed by atoms with Crippen LogP contribution in [0.3, 0.4) is 0 Å². The van der Waals surface area contributed by atoms with Gasteiger partial charge in [0.05, 0.1) is 11.6 Å². The molecule has 0 aliphatic heterocycles. The van der Waals surface area contributed by atoms with Gasteiger partial charge in [-0.15, -0.1) is 0 Å². The summed E-state index contributed by atoms with van der Waals surface area (Å²) in [5.41, 5.74) is 4.51. The standard InChI is InChI=1S/C36H37NO2Si/c1-26(24-36(2,3)40(39,32-13-6-4-7-14-32)33-15-8-5-9-16-33)17-18-31-22-30-20-19-29(23-34(30)35(31)38)28-12-10-11-27(21-28)25-37/h4-16,19-21,23,26,31,39H,17-18,22,24H2,1-3H3. The van der Waals surface area contributed by atoms with E-state index in [1.807, 2.05) is 60.7 Å². The lowest BCUT2D eigenvalue weighted by molar-refractivity contribution is 0.0926. The minimum Gasteiger partial charge on any atom is -0.424 e. The fourth-order valence-electron chi connectivity index (χ4n) is 6.66. The van der Waals surface area contributed by atoms with Gasteiger partial charge in [-0.2, -0.15) is 5.26 Å². The first kappa shape index (κ1) is 27.8. The molecule has 0 bridgehead atoms. The molecule has 5 rings (SSSR count). The highest BCUT2D eigenvalue weighted by molar-refractivity contribution is 6.98. The lowest BCUT2D eigenvalue weighted by atomic mass is 9.89. The first-order chi connectivity index (χ1) is 19.2. The third-order valence-corrected chi connectivity index (χ3v) is 13.3. The molecule has 0 saturated heterocycles. The maximum absolute atomic E-state index is 13.4. The highest BCUT2D eigenvalue weighted by Gasteiger charge is 2.50. The molecule has 2 unspecified atom stereocenters. The van der Waals surface area contributed by atoms with Crippen LogP contribution in [0.1, 0.15) is 61.5 Å². The Hall–Kier alpha value is -3.78. The Morgan fingerprint density at radius 3 is 2.15 bits per heavy atom. The summed E-state index contributed by atoms with van der Waals surface area (Å²) in [6.45, 7) is 6.70. The van der Waals surface area contributed by atoms with Crippen LogP contribution in [0.15, 0.2) is 103 Å². The first-order valence-electron chi connectivity index (χ1n) is 14.2. The molecule has 0 saturated carbocycles. The lowest BCUT2D eigenvalue weighted by Gasteiger charge is -2.42. The molecule has 4 aromatic carbocycles. The van der Waals surface area contributed by atoms with E-state index in [1.165, 1.54) is 0 Å². The average Bonchev–Trinajstić information content (AvgIpc) is 3.30. The summed E-state index contributed by atoms with van der Waals surface area (Å²) in [5.74, 6) is 0.599. The van der Waals surface area contributed by atoms with Crippen LogP contribution < -0.4 is 10.4 Å². The molecule has 0 heterocycles. The molecule has 202 valence electrons. The van der Waals surface area contributed by atoms with Gasteiger partial charge in [-0.05, 0) is 81.9 Å². The number of fused-ring (bicyclic) bond motifs is 1. The van der Waals surface area contributed by atoms with Crippen molar-refractivity contribution >= 4 is 24.5 Å². The Balaban J connectivity index is 1.29. The van der Waals surface area contributed by atoms with Crippen molar-refractivity contribution in [3.63, 3.8) is 0 Å². The van der Waals surface area contributed by atoms with Crippen LogP contribution >= 0.6 is 0 Å². The van der Waals surface area contributed by atoms with E-state index in [0.29, 0.717) is 11.5 Å². The van der Waals surface area contributed by atoms with Crippen LogP contribution in [0.4, 0.5) is 0 Å². The van der Waals surface area contributed by atoms with E-state index in [2.05, 4.69) is 63.2 Å². The van der Waals surface area contributed by atoms with Gasteiger partial charge in [0.1, 0.15) is 0 Å². The predicted octanol–water partition coefficient (Wildman–Crippen LogP) is 6.92. The van der Waals surface area contributed by atoms with Gasteiger partial charge in [0.15, 0.2) is 5.78 Å². The first-order valence-corrected chi connectivity index (χ1v) is 16.2. The minimum absolute atomic E-state index is 0.000584. The molecule has 0 radical (unpaired) electrons. The van der Waals surface area contributed by atoms with Crippen molar-refractivity contribution in [2.75, 3.05) is 0 Å². The quantitative estimate of drug-likeness (QED) is 0.233. The molecule has 3 nitrogen and oxygen atoms in total. The second kappa shape index (κ2) is 11.4. The highest BCUT2D eigenvalue weighted by Crippen LogP contribution is 2.43. The van der Waals surface area contributed by atoms with Crippen molar-refractivity contribution in [3.05, 3.63) is 120 Å². The molecule has 2 atom stereocenters. The Morgan fingerprint density at radius 1 is 0.900 bits per heavy atom. The zero-order valence-electron chi connectivity index (χ0n) is 23.6. The van der Waals surface area contributed by atoms with Crippen molar-refractivity contribution in [3.8, 4) is 17.2 Å². The van der Waals surface area contributed by atoms with Gasteiger partial charge < -0.3 is 4.80 Å². The molecular weight excluding hydrogens is 506 g/mol. The fourth-order valence-corrected chi connectivity index (χ4v) is 10.5. The maximum atomic E-state index is 13.4. The van der Waals surface area contributed by atoms with E-state index in [0.717, 1.165) is 58.3 Å². The maximum Gasteiger partial charge on any atom is 0.258 e. The van der Waals surface area contributed by atoms with E-state index in [-0.39, 0.29) is 16.7 Å². The van der Waals surface area contributed by atoms with E-state index >= 15 is 0 Å².